The topological polar surface area (TPSA) is 67.9 Å². The Kier molecular flexibility index (Phi) is 7.81. The molecule has 34 heavy (non-hydrogen) atoms. The van der Waals surface area contributed by atoms with Gasteiger partial charge in [-0.05, 0) is 29.7 Å². The number of carbonyl (C=O) groups is 2. The summed E-state index contributed by atoms with van der Waals surface area (Å²) in [6.07, 6.45) is 0.876. The Bertz CT molecular complexity index is 1090. The second-order valence-electron chi connectivity index (χ2n) is 8.33. The van der Waals surface area contributed by atoms with Gasteiger partial charge in [-0.15, -0.1) is 0 Å². The molecule has 4 rings (SSSR count). The van der Waals surface area contributed by atoms with Crippen molar-refractivity contribution in [2.24, 2.45) is 5.92 Å². The number of methoxy groups -OCH3 is 1. The van der Waals surface area contributed by atoms with Gasteiger partial charge in [0.05, 0.1) is 25.6 Å². The van der Waals surface area contributed by atoms with Gasteiger partial charge in [-0.2, -0.15) is 0 Å². The van der Waals surface area contributed by atoms with E-state index in [9.17, 15) is 9.59 Å². The fraction of sp³-hybridized carbons (Fsp3) is 0.286. The van der Waals surface area contributed by atoms with Gasteiger partial charge in [0.2, 0.25) is 11.8 Å². The molecule has 2 atom stereocenters. The molecule has 0 bridgehead atoms. The minimum absolute atomic E-state index is 0.0614. The number of likely N-dealkylation sites (tertiary alicyclic amines) is 1. The number of nitrogens with zero attached hydrogens (tertiary/aromatic N) is 1. The maximum Gasteiger partial charge on any atom is 0.225 e. The maximum absolute atomic E-state index is 13.3. The Morgan fingerprint density at radius 3 is 2.41 bits per heavy atom. The summed E-state index contributed by atoms with van der Waals surface area (Å²) < 4.78 is 11.0. The number of amides is 2. The molecule has 0 spiro atoms. The van der Waals surface area contributed by atoms with Gasteiger partial charge < -0.3 is 19.7 Å². The van der Waals surface area contributed by atoms with Crippen LogP contribution in [0.4, 0.5) is 0 Å². The van der Waals surface area contributed by atoms with E-state index in [1.54, 1.807) is 7.11 Å². The lowest BCUT2D eigenvalue weighted by Gasteiger charge is -2.41. The highest BCUT2D eigenvalue weighted by Crippen LogP contribution is 2.38. The number of ether oxygens (including phenoxy) is 2. The third-order valence-electron chi connectivity index (χ3n) is 6.09. The zero-order valence-electron chi connectivity index (χ0n) is 19.4. The molecular weight excluding hydrogens is 428 g/mol. The van der Waals surface area contributed by atoms with Crippen molar-refractivity contribution in [3.05, 3.63) is 96.1 Å². The van der Waals surface area contributed by atoms with E-state index in [0.717, 1.165) is 16.9 Å². The number of rotatable bonds is 9. The van der Waals surface area contributed by atoms with Crippen LogP contribution in [-0.2, 0) is 16.1 Å². The van der Waals surface area contributed by atoms with E-state index in [0.29, 0.717) is 38.3 Å². The third-order valence-corrected chi connectivity index (χ3v) is 6.09. The van der Waals surface area contributed by atoms with Crippen LogP contribution in [0.3, 0.4) is 0 Å². The highest BCUT2D eigenvalue weighted by molar-refractivity contribution is 5.85. The van der Waals surface area contributed by atoms with Crippen molar-refractivity contribution in [2.75, 3.05) is 20.3 Å². The van der Waals surface area contributed by atoms with Crippen molar-refractivity contribution in [2.45, 2.75) is 25.4 Å². The molecule has 6 heteroatoms. The van der Waals surface area contributed by atoms with Crippen LogP contribution >= 0.6 is 0 Å². The summed E-state index contributed by atoms with van der Waals surface area (Å²) in [5.74, 6) is 1.09. The molecule has 176 valence electrons. The van der Waals surface area contributed by atoms with Crippen LogP contribution in [0.5, 0.6) is 11.5 Å². The van der Waals surface area contributed by atoms with Gasteiger partial charge >= 0.3 is 0 Å². The fourth-order valence-electron chi connectivity index (χ4n) is 4.42. The number of hydrogen-bond acceptors (Lipinski definition) is 4. The molecule has 3 aromatic rings. The molecule has 3 aromatic carbocycles. The lowest BCUT2D eigenvalue weighted by molar-refractivity contribution is -0.144. The first-order valence-corrected chi connectivity index (χ1v) is 11.6. The summed E-state index contributed by atoms with van der Waals surface area (Å²) in [5, 5.41) is 3.02. The number of carbonyl (C=O) groups excluding carboxylic acids is 2. The second kappa shape index (κ2) is 11.4. The predicted octanol–water partition coefficient (Wildman–Crippen LogP) is 4.37. The van der Waals surface area contributed by atoms with Gasteiger partial charge in [0, 0.05) is 19.0 Å². The number of hydrogen-bond donors (Lipinski definition) is 1. The number of nitrogens with one attached hydrogen (secondary N) is 1. The molecule has 1 N–H and O–H groups in total. The smallest absolute Gasteiger partial charge is 0.225 e. The highest BCUT2D eigenvalue weighted by Gasteiger charge is 2.40. The van der Waals surface area contributed by atoms with E-state index in [1.807, 2.05) is 89.8 Å². The molecule has 6 nitrogen and oxygen atoms in total. The zero-order chi connectivity index (χ0) is 23.8. The van der Waals surface area contributed by atoms with Gasteiger partial charge in [-0.25, -0.2) is 0 Å². The molecule has 0 aliphatic carbocycles. The second-order valence-corrected chi connectivity index (χ2v) is 8.33. The average Bonchev–Trinajstić information content (AvgIpc) is 2.89. The lowest BCUT2D eigenvalue weighted by Crippen LogP contribution is -2.48. The van der Waals surface area contributed by atoms with Gasteiger partial charge in [-0.3, -0.25) is 9.59 Å². The van der Waals surface area contributed by atoms with E-state index in [4.69, 9.17) is 9.47 Å². The average molecular weight is 459 g/mol. The van der Waals surface area contributed by atoms with E-state index >= 15 is 0 Å². The van der Waals surface area contributed by atoms with Gasteiger partial charge in [0.1, 0.15) is 18.1 Å². The largest absolute Gasteiger partial charge is 0.497 e. The molecule has 0 aromatic heterocycles. The van der Waals surface area contributed by atoms with Crippen molar-refractivity contribution in [1.29, 1.82) is 0 Å². The van der Waals surface area contributed by atoms with Crippen LogP contribution in [0.1, 0.15) is 30.0 Å². The molecule has 1 saturated heterocycles. The standard InChI is InChI=1S/C28H30N2O4/c1-33-23-13-8-14-24(19-23)34-18-17-29-28(32)25-15-16-26(31)30(20-21-9-4-2-5-10-21)27(25)22-11-6-3-7-12-22/h2-14,19,25,27H,15-18,20H2,1H3,(H,29,32)/t25-,27-/m1/s1. The van der Waals surface area contributed by atoms with Crippen molar-refractivity contribution in [3.63, 3.8) is 0 Å². The summed E-state index contributed by atoms with van der Waals surface area (Å²) >= 11 is 0. The highest BCUT2D eigenvalue weighted by atomic mass is 16.5. The van der Waals surface area contributed by atoms with E-state index in [-0.39, 0.29) is 23.8 Å². The third kappa shape index (κ3) is 5.76. The van der Waals surface area contributed by atoms with E-state index in [2.05, 4.69) is 5.32 Å². The Morgan fingerprint density at radius 1 is 0.971 bits per heavy atom. The van der Waals surface area contributed by atoms with Crippen molar-refractivity contribution < 1.29 is 19.1 Å². The molecule has 0 radical (unpaired) electrons. The fourth-order valence-corrected chi connectivity index (χ4v) is 4.42. The molecule has 2 amide bonds. The Balaban J connectivity index is 1.45. The van der Waals surface area contributed by atoms with Crippen LogP contribution in [0, 0.1) is 5.92 Å². The van der Waals surface area contributed by atoms with Gasteiger partial charge in [-0.1, -0.05) is 66.7 Å². The van der Waals surface area contributed by atoms with Crippen molar-refractivity contribution in [3.8, 4) is 11.5 Å². The monoisotopic (exact) mass is 458 g/mol. The first-order chi connectivity index (χ1) is 16.7. The van der Waals surface area contributed by atoms with E-state index in [1.165, 1.54) is 0 Å². The molecule has 0 saturated carbocycles. The molecule has 1 aliphatic heterocycles. The van der Waals surface area contributed by atoms with Crippen LogP contribution in [0.15, 0.2) is 84.9 Å². The summed E-state index contributed by atoms with van der Waals surface area (Å²) in [7, 11) is 1.61. The summed E-state index contributed by atoms with van der Waals surface area (Å²) in [6, 6.07) is 26.8. The molecule has 1 heterocycles. The first kappa shape index (κ1) is 23.4. The van der Waals surface area contributed by atoms with Gasteiger partial charge in [0.15, 0.2) is 0 Å². The molecule has 1 fully saturated rings. The SMILES string of the molecule is COc1cccc(OCCNC(=O)[C@@H]2CCC(=O)N(Cc3ccccc3)[C@@H]2c2ccccc2)c1. The van der Waals surface area contributed by atoms with Crippen molar-refractivity contribution in [1.82, 2.24) is 10.2 Å². The maximum atomic E-state index is 13.3. The summed E-state index contributed by atoms with van der Waals surface area (Å²) in [4.78, 5) is 28.1. The Hall–Kier alpha value is -3.80. The molecule has 0 unspecified atom stereocenters. The van der Waals surface area contributed by atoms with Crippen LogP contribution < -0.4 is 14.8 Å². The quantitative estimate of drug-likeness (QED) is 0.484. The molecule has 1 aliphatic rings. The minimum atomic E-state index is -0.333. The Labute approximate surface area is 200 Å². The molecular formula is C28H30N2O4. The zero-order valence-corrected chi connectivity index (χ0v) is 19.4. The first-order valence-electron chi connectivity index (χ1n) is 11.6. The Morgan fingerprint density at radius 2 is 1.68 bits per heavy atom. The minimum Gasteiger partial charge on any atom is -0.497 e. The van der Waals surface area contributed by atoms with Crippen LogP contribution in [0.2, 0.25) is 0 Å². The predicted molar refractivity (Wildman–Crippen MR) is 130 cm³/mol. The number of piperidine rings is 1. The van der Waals surface area contributed by atoms with Crippen LogP contribution in [0.25, 0.3) is 0 Å². The lowest BCUT2D eigenvalue weighted by atomic mass is 9.83. The summed E-state index contributed by atoms with van der Waals surface area (Å²) in [6.45, 7) is 1.19. The normalized spacial score (nSPS) is 17.8. The van der Waals surface area contributed by atoms with E-state index < -0.39 is 0 Å². The van der Waals surface area contributed by atoms with Crippen molar-refractivity contribution >= 4 is 11.8 Å². The summed E-state index contributed by atoms with van der Waals surface area (Å²) in [5.41, 5.74) is 2.02. The van der Waals surface area contributed by atoms with Gasteiger partial charge in [0.25, 0.3) is 0 Å². The van der Waals surface area contributed by atoms with Crippen LogP contribution in [-0.4, -0.2) is 37.0 Å². The number of benzene rings is 3.